The Morgan fingerprint density at radius 1 is 1.62 bits per heavy atom. The van der Waals surface area contributed by atoms with E-state index in [0.29, 0.717) is 12.6 Å². The van der Waals surface area contributed by atoms with E-state index in [4.69, 9.17) is 5.73 Å². The Morgan fingerprint density at radius 2 is 2.38 bits per heavy atom. The summed E-state index contributed by atoms with van der Waals surface area (Å²) in [6, 6.07) is 0.135. The van der Waals surface area contributed by atoms with Gasteiger partial charge in [-0.15, -0.1) is 0 Å². The van der Waals surface area contributed by atoms with Crippen LogP contribution in [0.15, 0.2) is 0 Å². The number of likely N-dealkylation sites (N-methyl/N-ethyl adjacent to an activating group) is 1. The van der Waals surface area contributed by atoms with Crippen LogP contribution in [-0.2, 0) is 0 Å². The molecule has 1 heterocycles. The van der Waals surface area contributed by atoms with Gasteiger partial charge in [-0.1, -0.05) is 6.42 Å². The molecule has 1 unspecified atom stereocenters. The van der Waals surface area contributed by atoms with Crippen LogP contribution in [0.5, 0.6) is 0 Å². The predicted molar refractivity (Wildman–Crippen MR) is 52.5 cm³/mol. The number of hydrogen-bond acceptors (Lipinski definition) is 2. The molecule has 2 amide bonds. The van der Waals surface area contributed by atoms with E-state index in [0.717, 1.165) is 19.5 Å². The Morgan fingerprint density at radius 3 is 2.85 bits per heavy atom. The lowest BCUT2D eigenvalue weighted by atomic mass is 10.0. The minimum Gasteiger partial charge on any atom is -0.351 e. The lowest BCUT2D eigenvalue weighted by Gasteiger charge is -2.28. The third-order valence-electron chi connectivity index (χ3n) is 2.55. The van der Waals surface area contributed by atoms with E-state index in [1.165, 1.54) is 12.8 Å². The topological polar surface area (TPSA) is 58.4 Å². The maximum Gasteiger partial charge on any atom is 0.314 e. The van der Waals surface area contributed by atoms with E-state index >= 15 is 0 Å². The molecule has 0 aromatic rings. The summed E-state index contributed by atoms with van der Waals surface area (Å²) in [6.07, 6.45) is 3.66. The van der Waals surface area contributed by atoms with Crippen LogP contribution in [0.4, 0.5) is 4.79 Å². The summed E-state index contributed by atoms with van der Waals surface area (Å²) < 4.78 is 0. The summed E-state index contributed by atoms with van der Waals surface area (Å²) in [4.78, 5) is 12.6. The fraction of sp³-hybridized carbons (Fsp3) is 0.889. The average molecular weight is 185 g/mol. The predicted octanol–water partition coefficient (Wildman–Crippen LogP) is 0.529. The van der Waals surface area contributed by atoms with Crippen molar-refractivity contribution < 1.29 is 4.79 Å². The van der Waals surface area contributed by atoms with Gasteiger partial charge in [-0.25, -0.2) is 4.79 Å². The number of urea groups is 1. The zero-order valence-electron chi connectivity index (χ0n) is 8.25. The molecule has 1 aliphatic rings. The van der Waals surface area contributed by atoms with E-state index in [9.17, 15) is 4.79 Å². The summed E-state index contributed by atoms with van der Waals surface area (Å²) in [5, 5.41) is 3.39. The molecule has 0 spiro atoms. The molecule has 1 rings (SSSR count). The Hall–Kier alpha value is -0.770. The molecule has 4 heteroatoms. The summed E-state index contributed by atoms with van der Waals surface area (Å²) >= 11 is 0. The summed E-state index contributed by atoms with van der Waals surface area (Å²) in [5.74, 6) is 0. The van der Waals surface area contributed by atoms with Crippen molar-refractivity contribution in [3.05, 3.63) is 0 Å². The van der Waals surface area contributed by atoms with Gasteiger partial charge in [0.05, 0.1) is 0 Å². The van der Waals surface area contributed by atoms with Gasteiger partial charge in [0, 0.05) is 19.1 Å². The molecule has 1 atom stereocenters. The van der Waals surface area contributed by atoms with Crippen molar-refractivity contribution >= 4 is 6.03 Å². The van der Waals surface area contributed by atoms with Gasteiger partial charge in [0.1, 0.15) is 0 Å². The average Bonchev–Trinajstić information content (AvgIpc) is 2.15. The van der Waals surface area contributed by atoms with Gasteiger partial charge in [0.2, 0.25) is 0 Å². The smallest absolute Gasteiger partial charge is 0.314 e. The molecule has 0 aromatic heterocycles. The number of piperidine rings is 1. The summed E-state index contributed by atoms with van der Waals surface area (Å²) in [7, 11) is 0. The maximum absolute atomic E-state index is 10.9. The van der Waals surface area contributed by atoms with Crippen LogP contribution in [0, 0.1) is 0 Å². The molecular formula is C9H19N3O. The number of nitrogens with zero attached hydrogens (tertiary/aromatic N) is 1. The molecule has 76 valence electrons. The van der Waals surface area contributed by atoms with Crippen LogP contribution < -0.4 is 11.1 Å². The lowest BCUT2D eigenvalue weighted by Crippen LogP contribution is -2.47. The van der Waals surface area contributed by atoms with E-state index in [2.05, 4.69) is 5.32 Å². The first-order chi connectivity index (χ1) is 6.24. The highest BCUT2D eigenvalue weighted by Gasteiger charge is 2.17. The molecule has 1 fully saturated rings. The first-order valence-corrected chi connectivity index (χ1v) is 5.01. The molecule has 1 saturated heterocycles. The maximum atomic E-state index is 10.9. The van der Waals surface area contributed by atoms with Crippen LogP contribution in [0.2, 0.25) is 0 Å². The van der Waals surface area contributed by atoms with Gasteiger partial charge < -0.3 is 16.0 Å². The van der Waals surface area contributed by atoms with E-state index in [1.807, 2.05) is 6.92 Å². The van der Waals surface area contributed by atoms with Crippen LogP contribution in [0.1, 0.15) is 26.2 Å². The molecule has 1 aliphatic heterocycles. The highest BCUT2D eigenvalue weighted by molar-refractivity contribution is 5.71. The first-order valence-electron chi connectivity index (χ1n) is 5.01. The fourth-order valence-electron chi connectivity index (χ4n) is 1.72. The van der Waals surface area contributed by atoms with E-state index < -0.39 is 0 Å². The number of carbonyl (C=O) groups excluding carboxylic acids is 1. The third kappa shape index (κ3) is 3.22. The van der Waals surface area contributed by atoms with Crippen molar-refractivity contribution in [3.8, 4) is 0 Å². The zero-order valence-corrected chi connectivity index (χ0v) is 8.25. The van der Waals surface area contributed by atoms with Crippen LogP contribution in [0.3, 0.4) is 0 Å². The van der Waals surface area contributed by atoms with Gasteiger partial charge >= 0.3 is 6.03 Å². The molecule has 0 saturated carbocycles. The van der Waals surface area contributed by atoms with Crippen LogP contribution in [0.25, 0.3) is 0 Å². The van der Waals surface area contributed by atoms with Gasteiger partial charge in [0.25, 0.3) is 0 Å². The summed E-state index contributed by atoms with van der Waals surface area (Å²) in [5.41, 5.74) is 5.22. The summed E-state index contributed by atoms with van der Waals surface area (Å²) in [6.45, 7) is 4.48. The number of nitrogens with one attached hydrogen (secondary N) is 1. The SMILES string of the molecule is CCN(CC1CCCCN1)C(N)=O. The second kappa shape index (κ2) is 5.07. The van der Waals surface area contributed by atoms with Gasteiger partial charge in [-0.3, -0.25) is 0 Å². The van der Waals surface area contributed by atoms with Crippen LogP contribution in [-0.4, -0.2) is 36.6 Å². The second-order valence-electron chi connectivity index (χ2n) is 3.52. The van der Waals surface area contributed by atoms with Crippen molar-refractivity contribution in [3.63, 3.8) is 0 Å². The van der Waals surface area contributed by atoms with Gasteiger partial charge in [-0.05, 0) is 26.3 Å². The number of nitrogens with two attached hydrogens (primary N) is 1. The normalized spacial score (nSPS) is 22.7. The number of rotatable bonds is 3. The van der Waals surface area contributed by atoms with Gasteiger partial charge in [-0.2, -0.15) is 0 Å². The highest BCUT2D eigenvalue weighted by atomic mass is 16.2. The van der Waals surface area contributed by atoms with E-state index in [1.54, 1.807) is 4.90 Å². The van der Waals surface area contributed by atoms with Crippen molar-refractivity contribution in [2.75, 3.05) is 19.6 Å². The van der Waals surface area contributed by atoms with Crippen molar-refractivity contribution in [1.82, 2.24) is 10.2 Å². The molecule has 0 aromatic carbocycles. The quantitative estimate of drug-likeness (QED) is 0.674. The van der Waals surface area contributed by atoms with Gasteiger partial charge in [0.15, 0.2) is 0 Å². The molecule has 13 heavy (non-hydrogen) atoms. The molecule has 3 N–H and O–H groups in total. The number of amides is 2. The van der Waals surface area contributed by atoms with Crippen molar-refractivity contribution in [2.45, 2.75) is 32.2 Å². The van der Waals surface area contributed by atoms with Crippen molar-refractivity contribution in [2.24, 2.45) is 5.73 Å². The number of primary amides is 1. The lowest BCUT2D eigenvalue weighted by molar-refractivity contribution is 0.199. The first kappa shape index (κ1) is 10.3. The molecule has 0 radical (unpaired) electrons. The minimum atomic E-state index is -0.310. The largest absolute Gasteiger partial charge is 0.351 e. The molecule has 0 bridgehead atoms. The Labute approximate surface area is 79.5 Å². The molecule has 4 nitrogen and oxygen atoms in total. The minimum absolute atomic E-state index is 0.310. The number of carbonyl (C=O) groups is 1. The Bertz CT molecular complexity index is 166. The van der Waals surface area contributed by atoms with E-state index in [-0.39, 0.29) is 6.03 Å². The Balaban J connectivity index is 2.31. The monoisotopic (exact) mass is 185 g/mol. The molecule has 0 aliphatic carbocycles. The fourth-order valence-corrected chi connectivity index (χ4v) is 1.72. The Kier molecular flexibility index (Phi) is 4.02. The zero-order chi connectivity index (χ0) is 9.68. The van der Waals surface area contributed by atoms with Crippen molar-refractivity contribution in [1.29, 1.82) is 0 Å². The second-order valence-corrected chi connectivity index (χ2v) is 3.52. The highest BCUT2D eigenvalue weighted by Crippen LogP contribution is 2.08. The number of hydrogen-bond donors (Lipinski definition) is 2. The molecular weight excluding hydrogens is 166 g/mol. The third-order valence-corrected chi connectivity index (χ3v) is 2.55. The standard InChI is InChI=1S/C9H19N3O/c1-2-12(9(10)13)7-8-5-3-4-6-11-8/h8,11H,2-7H2,1H3,(H2,10,13). The van der Waals surface area contributed by atoms with Crippen LogP contribution >= 0.6 is 0 Å².